The number of hydrogen-bond acceptors (Lipinski definition) is 2. The van der Waals surface area contributed by atoms with E-state index in [1.807, 2.05) is 36.7 Å². The molecule has 0 fully saturated rings. The summed E-state index contributed by atoms with van der Waals surface area (Å²) in [5.74, 6) is 0.813. The lowest BCUT2D eigenvalue weighted by atomic mass is 10.1. The number of nitrogens with zero attached hydrogens (tertiary/aromatic N) is 2. The first-order valence-corrected chi connectivity index (χ1v) is 4.72. The van der Waals surface area contributed by atoms with Crippen LogP contribution in [0.5, 0.6) is 5.75 Å². The molecule has 0 saturated heterocycles. The van der Waals surface area contributed by atoms with Gasteiger partial charge in [0, 0.05) is 18.5 Å². The van der Waals surface area contributed by atoms with Gasteiger partial charge in [0.1, 0.15) is 17.5 Å². The molecule has 0 aliphatic carbocycles. The van der Waals surface area contributed by atoms with E-state index in [9.17, 15) is 0 Å². The summed E-state index contributed by atoms with van der Waals surface area (Å²) in [6.45, 7) is 1.97. The normalized spacial score (nSPS) is 10.3. The first-order chi connectivity index (χ1) is 7.19. The third kappa shape index (κ3) is 1.26. The Kier molecular flexibility index (Phi) is 2.12. The van der Waals surface area contributed by atoms with E-state index in [-0.39, 0.29) is 0 Å². The molecule has 76 valence electrons. The number of fused-ring (bicyclic) bond motifs is 1. The van der Waals surface area contributed by atoms with Crippen LogP contribution in [0, 0.1) is 18.3 Å². The molecule has 0 amide bonds. The largest absolute Gasteiger partial charge is 0.497 e. The quantitative estimate of drug-likeness (QED) is 0.708. The molecule has 1 heterocycles. The SMILES string of the molecule is COc1ccc2c(C)c(C#N)n(C)c2c1. The molecule has 0 radical (unpaired) electrons. The third-order valence-corrected chi connectivity index (χ3v) is 2.77. The molecule has 0 saturated carbocycles. The second-order valence-electron chi connectivity index (χ2n) is 3.53. The zero-order valence-corrected chi connectivity index (χ0v) is 9.03. The molecular weight excluding hydrogens is 188 g/mol. The molecule has 0 bridgehead atoms. The Labute approximate surface area is 88.5 Å². The van der Waals surface area contributed by atoms with E-state index in [4.69, 9.17) is 10.00 Å². The minimum atomic E-state index is 0.707. The highest BCUT2D eigenvalue weighted by atomic mass is 16.5. The van der Waals surface area contributed by atoms with Crippen molar-refractivity contribution in [2.75, 3.05) is 7.11 Å². The minimum Gasteiger partial charge on any atom is -0.497 e. The van der Waals surface area contributed by atoms with Gasteiger partial charge in [-0.05, 0) is 24.6 Å². The van der Waals surface area contributed by atoms with Crippen molar-refractivity contribution in [3.05, 3.63) is 29.5 Å². The van der Waals surface area contributed by atoms with Crippen LogP contribution < -0.4 is 4.74 Å². The zero-order valence-electron chi connectivity index (χ0n) is 9.03. The van der Waals surface area contributed by atoms with Crippen LogP contribution in [0.3, 0.4) is 0 Å². The molecule has 3 heteroatoms. The summed E-state index contributed by atoms with van der Waals surface area (Å²) in [4.78, 5) is 0. The molecular formula is C12H12N2O. The molecule has 0 aliphatic heterocycles. The Morgan fingerprint density at radius 3 is 2.73 bits per heavy atom. The standard InChI is InChI=1S/C12H12N2O/c1-8-10-5-4-9(15-3)6-11(10)14(2)12(8)7-13/h4-6H,1-3H3. The van der Waals surface area contributed by atoms with Crippen molar-refractivity contribution in [3.8, 4) is 11.8 Å². The van der Waals surface area contributed by atoms with Gasteiger partial charge >= 0.3 is 0 Å². The average Bonchev–Trinajstić information content (AvgIpc) is 2.51. The second kappa shape index (κ2) is 3.32. The molecule has 1 aromatic heterocycles. The van der Waals surface area contributed by atoms with Gasteiger partial charge in [-0.15, -0.1) is 0 Å². The fourth-order valence-electron chi connectivity index (χ4n) is 1.89. The van der Waals surface area contributed by atoms with Gasteiger partial charge in [-0.3, -0.25) is 0 Å². The average molecular weight is 200 g/mol. The van der Waals surface area contributed by atoms with Gasteiger partial charge in [0.2, 0.25) is 0 Å². The van der Waals surface area contributed by atoms with E-state index in [2.05, 4.69) is 6.07 Å². The number of ether oxygens (including phenoxy) is 1. The van der Waals surface area contributed by atoms with Crippen LogP contribution in [0.1, 0.15) is 11.3 Å². The molecule has 1 aromatic carbocycles. The lowest BCUT2D eigenvalue weighted by molar-refractivity contribution is 0.415. The maximum absolute atomic E-state index is 9.02. The Morgan fingerprint density at radius 1 is 1.40 bits per heavy atom. The Morgan fingerprint density at radius 2 is 2.13 bits per heavy atom. The van der Waals surface area contributed by atoms with Gasteiger partial charge in [0.05, 0.1) is 12.6 Å². The Hall–Kier alpha value is -1.95. The summed E-state index contributed by atoms with van der Waals surface area (Å²) in [7, 11) is 3.54. The van der Waals surface area contributed by atoms with Gasteiger partial charge < -0.3 is 9.30 Å². The van der Waals surface area contributed by atoms with Crippen LogP contribution in [0.25, 0.3) is 10.9 Å². The van der Waals surface area contributed by atoms with Crippen LogP contribution >= 0.6 is 0 Å². The van der Waals surface area contributed by atoms with Crippen molar-refractivity contribution in [2.45, 2.75) is 6.92 Å². The highest BCUT2D eigenvalue weighted by Gasteiger charge is 2.11. The van der Waals surface area contributed by atoms with Gasteiger partial charge in [0.25, 0.3) is 0 Å². The lowest BCUT2D eigenvalue weighted by Crippen LogP contribution is -1.92. The van der Waals surface area contributed by atoms with Crippen molar-refractivity contribution < 1.29 is 4.74 Å². The summed E-state index contributed by atoms with van der Waals surface area (Å²) < 4.78 is 7.06. The van der Waals surface area contributed by atoms with E-state index >= 15 is 0 Å². The minimum absolute atomic E-state index is 0.707. The number of benzene rings is 1. The molecule has 0 atom stereocenters. The maximum Gasteiger partial charge on any atom is 0.123 e. The third-order valence-electron chi connectivity index (χ3n) is 2.77. The first kappa shape index (κ1) is 9.60. The Bertz CT molecular complexity index is 561. The number of rotatable bonds is 1. The van der Waals surface area contributed by atoms with E-state index in [1.165, 1.54) is 0 Å². The predicted octanol–water partition coefficient (Wildman–Crippen LogP) is 2.37. The van der Waals surface area contributed by atoms with Crippen molar-refractivity contribution in [1.29, 1.82) is 5.26 Å². The van der Waals surface area contributed by atoms with Crippen LogP contribution in [0.15, 0.2) is 18.2 Å². The summed E-state index contributed by atoms with van der Waals surface area (Å²) in [5, 5.41) is 10.1. The van der Waals surface area contributed by atoms with Gasteiger partial charge in [0.15, 0.2) is 0 Å². The van der Waals surface area contributed by atoms with Crippen molar-refractivity contribution in [1.82, 2.24) is 4.57 Å². The molecule has 15 heavy (non-hydrogen) atoms. The molecule has 0 unspecified atom stereocenters. The molecule has 0 aliphatic rings. The fourth-order valence-corrected chi connectivity index (χ4v) is 1.89. The number of nitriles is 1. The fraction of sp³-hybridized carbons (Fsp3) is 0.250. The first-order valence-electron chi connectivity index (χ1n) is 4.72. The van der Waals surface area contributed by atoms with Crippen LogP contribution in [0.2, 0.25) is 0 Å². The molecule has 2 aromatic rings. The lowest BCUT2D eigenvalue weighted by Gasteiger charge is -2.01. The molecule has 0 spiro atoms. The summed E-state index contributed by atoms with van der Waals surface area (Å²) >= 11 is 0. The van der Waals surface area contributed by atoms with Crippen LogP contribution in [0.4, 0.5) is 0 Å². The Balaban J connectivity index is 2.85. The summed E-state index contributed by atoms with van der Waals surface area (Å²) in [5.41, 5.74) is 2.76. The van der Waals surface area contributed by atoms with Crippen LogP contribution in [-0.4, -0.2) is 11.7 Å². The highest BCUT2D eigenvalue weighted by Crippen LogP contribution is 2.27. The monoisotopic (exact) mass is 200 g/mol. The number of methoxy groups -OCH3 is 1. The topological polar surface area (TPSA) is 37.9 Å². The second-order valence-corrected chi connectivity index (χ2v) is 3.53. The summed E-state index contributed by atoms with van der Waals surface area (Å²) in [6, 6.07) is 8.06. The van der Waals surface area contributed by atoms with E-state index in [0.717, 1.165) is 22.2 Å². The molecule has 0 N–H and O–H groups in total. The van der Waals surface area contributed by atoms with E-state index in [0.29, 0.717) is 5.69 Å². The number of aromatic nitrogens is 1. The van der Waals surface area contributed by atoms with Gasteiger partial charge in [-0.1, -0.05) is 0 Å². The van der Waals surface area contributed by atoms with Crippen LogP contribution in [-0.2, 0) is 7.05 Å². The zero-order chi connectivity index (χ0) is 11.0. The van der Waals surface area contributed by atoms with Crippen molar-refractivity contribution in [3.63, 3.8) is 0 Å². The predicted molar refractivity (Wildman–Crippen MR) is 58.9 cm³/mol. The van der Waals surface area contributed by atoms with E-state index < -0.39 is 0 Å². The number of aryl methyl sites for hydroxylation is 2. The van der Waals surface area contributed by atoms with Gasteiger partial charge in [-0.2, -0.15) is 5.26 Å². The molecule has 3 nitrogen and oxygen atoms in total. The molecule has 2 rings (SSSR count). The van der Waals surface area contributed by atoms with E-state index in [1.54, 1.807) is 7.11 Å². The van der Waals surface area contributed by atoms with Crippen molar-refractivity contribution >= 4 is 10.9 Å². The maximum atomic E-state index is 9.02. The van der Waals surface area contributed by atoms with Crippen molar-refractivity contribution in [2.24, 2.45) is 7.05 Å². The highest BCUT2D eigenvalue weighted by molar-refractivity contribution is 5.87. The summed E-state index contributed by atoms with van der Waals surface area (Å²) in [6.07, 6.45) is 0. The van der Waals surface area contributed by atoms with Gasteiger partial charge in [-0.25, -0.2) is 0 Å². The smallest absolute Gasteiger partial charge is 0.123 e. The number of hydrogen-bond donors (Lipinski definition) is 0.